The SMILES string of the molecule is O=S(=O)(NC1CCCCCC1O)c1cccnc1Cl. The lowest BCUT2D eigenvalue weighted by atomic mass is 10.1. The highest BCUT2D eigenvalue weighted by atomic mass is 35.5. The van der Waals surface area contributed by atoms with E-state index in [1.165, 1.54) is 18.3 Å². The van der Waals surface area contributed by atoms with Gasteiger partial charge in [0.2, 0.25) is 10.0 Å². The Morgan fingerprint density at radius 3 is 2.79 bits per heavy atom. The Morgan fingerprint density at radius 2 is 2.05 bits per heavy atom. The van der Waals surface area contributed by atoms with Crippen LogP contribution in [0.15, 0.2) is 23.2 Å². The molecule has 0 bridgehead atoms. The summed E-state index contributed by atoms with van der Waals surface area (Å²) in [6.07, 6.45) is 4.89. The number of aliphatic hydroxyl groups excluding tert-OH is 1. The van der Waals surface area contributed by atoms with Crippen LogP contribution in [0.2, 0.25) is 5.15 Å². The summed E-state index contributed by atoms with van der Waals surface area (Å²) < 4.78 is 27.0. The maximum Gasteiger partial charge on any atom is 0.243 e. The van der Waals surface area contributed by atoms with Gasteiger partial charge in [-0.2, -0.15) is 0 Å². The minimum Gasteiger partial charge on any atom is -0.391 e. The number of hydrogen-bond acceptors (Lipinski definition) is 4. The number of sulfonamides is 1. The van der Waals surface area contributed by atoms with Crippen LogP contribution >= 0.6 is 11.6 Å². The van der Waals surface area contributed by atoms with Crippen molar-refractivity contribution < 1.29 is 13.5 Å². The van der Waals surface area contributed by atoms with E-state index in [9.17, 15) is 13.5 Å². The third kappa shape index (κ3) is 3.66. The van der Waals surface area contributed by atoms with Crippen LogP contribution in [0, 0.1) is 0 Å². The fraction of sp³-hybridized carbons (Fsp3) is 0.583. The second-order valence-electron chi connectivity index (χ2n) is 4.73. The molecule has 0 amide bonds. The first-order valence-electron chi connectivity index (χ1n) is 6.31. The highest BCUT2D eigenvalue weighted by Gasteiger charge is 2.28. The quantitative estimate of drug-likeness (QED) is 0.658. The van der Waals surface area contributed by atoms with Crippen molar-refractivity contribution in [2.24, 2.45) is 0 Å². The smallest absolute Gasteiger partial charge is 0.243 e. The van der Waals surface area contributed by atoms with Gasteiger partial charge in [0.1, 0.15) is 10.0 Å². The van der Waals surface area contributed by atoms with Gasteiger partial charge in [-0.1, -0.05) is 30.9 Å². The van der Waals surface area contributed by atoms with Crippen LogP contribution < -0.4 is 4.72 Å². The van der Waals surface area contributed by atoms with Crippen molar-refractivity contribution in [3.05, 3.63) is 23.5 Å². The molecule has 0 saturated heterocycles. The highest BCUT2D eigenvalue weighted by Crippen LogP contribution is 2.22. The zero-order valence-electron chi connectivity index (χ0n) is 10.4. The average Bonchev–Trinajstić information content (AvgIpc) is 2.55. The summed E-state index contributed by atoms with van der Waals surface area (Å²) in [4.78, 5) is 3.71. The van der Waals surface area contributed by atoms with Crippen LogP contribution in [-0.4, -0.2) is 30.7 Å². The molecule has 2 N–H and O–H groups in total. The normalized spacial score (nSPS) is 24.9. The predicted octanol–water partition coefficient (Wildman–Crippen LogP) is 1.71. The van der Waals surface area contributed by atoms with Crippen LogP contribution in [-0.2, 0) is 10.0 Å². The van der Waals surface area contributed by atoms with E-state index in [0.29, 0.717) is 12.8 Å². The molecule has 0 spiro atoms. The molecule has 2 atom stereocenters. The van der Waals surface area contributed by atoms with Gasteiger partial charge in [0.15, 0.2) is 0 Å². The molecule has 0 aromatic carbocycles. The molecule has 106 valence electrons. The maximum absolute atomic E-state index is 12.2. The monoisotopic (exact) mass is 304 g/mol. The minimum atomic E-state index is -3.74. The number of nitrogens with zero attached hydrogens (tertiary/aromatic N) is 1. The number of rotatable bonds is 3. The van der Waals surface area contributed by atoms with Crippen LogP contribution in [0.3, 0.4) is 0 Å². The Bertz CT molecular complexity index is 536. The van der Waals surface area contributed by atoms with Gasteiger partial charge < -0.3 is 5.11 Å². The Labute approximate surface area is 118 Å². The van der Waals surface area contributed by atoms with E-state index in [0.717, 1.165) is 19.3 Å². The summed E-state index contributed by atoms with van der Waals surface area (Å²) in [5.41, 5.74) is 0. The molecule has 1 aliphatic carbocycles. The van der Waals surface area contributed by atoms with Crippen LogP contribution in [0.4, 0.5) is 0 Å². The van der Waals surface area contributed by atoms with Crippen molar-refractivity contribution >= 4 is 21.6 Å². The van der Waals surface area contributed by atoms with Gasteiger partial charge in [-0.05, 0) is 25.0 Å². The maximum atomic E-state index is 12.2. The van der Waals surface area contributed by atoms with Crippen molar-refractivity contribution in [3.8, 4) is 0 Å². The first-order chi connectivity index (χ1) is 9.00. The largest absolute Gasteiger partial charge is 0.391 e. The molecule has 5 nitrogen and oxygen atoms in total. The summed E-state index contributed by atoms with van der Waals surface area (Å²) >= 11 is 5.80. The summed E-state index contributed by atoms with van der Waals surface area (Å²) in [5.74, 6) is 0. The Hall–Kier alpha value is -0.690. The molecule has 1 saturated carbocycles. The van der Waals surface area contributed by atoms with Gasteiger partial charge in [-0.25, -0.2) is 18.1 Å². The van der Waals surface area contributed by atoms with E-state index in [-0.39, 0.29) is 10.0 Å². The second kappa shape index (κ2) is 6.17. The number of nitrogens with one attached hydrogen (secondary N) is 1. The topological polar surface area (TPSA) is 79.3 Å². The number of aliphatic hydroxyl groups is 1. The molecule has 1 aliphatic rings. The Balaban J connectivity index is 2.19. The zero-order chi connectivity index (χ0) is 13.9. The first kappa shape index (κ1) is 14.7. The molecule has 2 unspecified atom stereocenters. The lowest BCUT2D eigenvalue weighted by molar-refractivity contribution is 0.130. The standard InChI is InChI=1S/C12H17ClN2O3S/c13-12-11(7-4-8-14-12)19(17,18)15-9-5-2-1-3-6-10(9)16/h4,7-10,15-16H,1-3,5-6H2. The summed E-state index contributed by atoms with van der Waals surface area (Å²) in [6, 6.07) is 2.47. The van der Waals surface area contributed by atoms with Gasteiger partial charge in [0.05, 0.1) is 6.10 Å². The van der Waals surface area contributed by atoms with Gasteiger partial charge in [0.25, 0.3) is 0 Å². The minimum absolute atomic E-state index is 0.0480. The average molecular weight is 305 g/mol. The van der Waals surface area contributed by atoms with Gasteiger partial charge in [-0.3, -0.25) is 0 Å². The Kier molecular flexibility index (Phi) is 4.78. The van der Waals surface area contributed by atoms with Crippen LogP contribution in [0.1, 0.15) is 32.1 Å². The van der Waals surface area contributed by atoms with Crippen molar-refractivity contribution in [3.63, 3.8) is 0 Å². The molecular weight excluding hydrogens is 288 g/mol. The van der Waals surface area contributed by atoms with Crippen LogP contribution in [0.5, 0.6) is 0 Å². The number of pyridine rings is 1. The fourth-order valence-electron chi connectivity index (χ4n) is 2.26. The van der Waals surface area contributed by atoms with Crippen molar-refractivity contribution in [2.45, 2.75) is 49.1 Å². The molecular formula is C12H17ClN2O3S. The van der Waals surface area contributed by atoms with Gasteiger partial charge in [0, 0.05) is 12.2 Å². The molecule has 1 heterocycles. The summed E-state index contributed by atoms with van der Waals surface area (Å²) in [7, 11) is -3.74. The zero-order valence-corrected chi connectivity index (χ0v) is 12.0. The van der Waals surface area contributed by atoms with E-state index in [4.69, 9.17) is 11.6 Å². The third-order valence-electron chi connectivity index (χ3n) is 3.30. The number of halogens is 1. The fourth-order valence-corrected chi connectivity index (χ4v) is 4.02. The predicted molar refractivity (Wildman–Crippen MR) is 72.4 cm³/mol. The van der Waals surface area contributed by atoms with Crippen molar-refractivity contribution in [1.82, 2.24) is 9.71 Å². The molecule has 0 aliphatic heterocycles. The van der Waals surface area contributed by atoms with Crippen molar-refractivity contribution in [1.29, 1.82) is 0 Å². The molecule has 1 aromatic heterocycles. The van der Waals surface area contributed by atoms with Crippen molar-refractivity contribution in [2.75, 3.05) is 0 Å². The third-order valence-corrected chi connectivity index (χ3v) is 5.24. The van der Waals surface area contributed by atoms with E-state index >= 15 is 0 Å². The van der Waals surface area contributed by atoms with E-state index in [2.05, 4.69) is 9.71 Å². The van der Waals surface area contributed by atoms with E-state index < -0.39 is 22.2 Å². The molecule has 0 radical (unpaired) electrons. The lowest BCUT2D eigenvalue weighted by Gasteiger charge is -2.21. The molecule has 1 aromatic rings. The Morgan fingerprint density at radius 1 is 1.32 bits per heavy atom. The van der Waals surface area contributed by atoms with E-state index in [1.54, 1.807) is 0 Å². The van der Waals surface area contributed by atoms with E-state index in [1.807, 2.05) is 0 Å². The summed E-state index contributed by atoms with van der Waals surface area (Å²) in [5, 5.41) is 9.90. The van der Waals surface area contributed by atoms with Gasteiger partial charge >= 0.3 is 0 Å². The molecule has 2 rings (SSSR count). The summed E-state index contributed by atoms with van der Waals surface area (Å²) in [6.45, 7) is 0. The molecule has 7 heteroatoms. The number of aromatic nitrogens is 1. The second-order valence-corrected chi connectivity index (χ2v) is 6.77. The van der Waals surface area contributed by atoms with Gasteiger partial charge in [-0.15, -0.1) is 0 Å². The first-order valence-corrected chi connectivity index (χ1v) is 8.18. The van der Waals surface area contributed by atoms with Crippen LogP contribution in [0.25, 0.3) is 0 Å². The molecule has 1 fully saturated rings. The lowest BCUT2D eigenvalue weighted by Crippen LogP contribution is -2.42. The molecule has 19 heavy (non-hydrogen) atoms. The number of hydrogen-bond donors (Lipinski definition) is 2. The highest BCUT2D eigenvalue weighted by molar-refractivity contribution is 7.89.